The van der Waals surface area contributed by atoms with Crippen molar-refractivity contribution >= 4 is 35.0 Å². The second-order valence-corrected chi connectivity index (χ2v) is 9.66. The number of nitrogens with one attached hydrogen (secondary N) is 3. The van der Waals surface area contributed by atoms with E-state index in [4.69, 9.17) is 21.1 Å². The molecule has 2 aliphatic heterocycles. The Morgan fingerprint density at radius 1 is 1.26 bits per heavy atom. The number of halogens is 1. The van der Waals surface area contributed by atoms with Crippen molar-refractivity contribution in [2.75, 3.05) is 10.6 Å². The average Bonchev–Trinajstić information content (AvgIpc) is 3.24. The van der Waals surface area contributed by atoms with Crippen molar-refractivity contribution in [2.24, 2.45) is 0 Å². The van der Waals surface area contributed by atoms with E-state index in [2.05, 4.69) is 20.9 Å². The summed E-state index contributed by atoms with van der Waals surface area (Å²) in [7, 11) is 0. The summed E-state index contributed by atoms with van der Waals surface area (Å²) in [6, 6.07) is 12.5. The lowest BCUT2D eigenvalue weighted by molar-refractivity contribution is -0.116. The van der Waals surface area contributed by atoms with Crippen molar-refractivity contribution in [1.29, 1.82) is 0 Å². The van der Waals surface area contributed by atoms with Gasteiger partial charge in [0.2, 0.25) is 5.91 Å². The average molecular weight is 491 g/mol. The fraction of sp³-hybridized carbons (Fsp3) is 0.269. The molecule has 9 heteroatoms. The smallest absolute Gasteiger partial charge is 0.319 e. The molecule has 1 aliphatic carbocycles. The molecule has 3 aromatic rings. The zero-order valence-electron chi connectivity index (χ0n) is 19.1. The number of anilines is 2. The third-order valence-electron chi connectivity index (χ3n) is 6.95. The molecular formula is C26H23ClN4O4. The van der Waals surface area contributed by atoms with Gasteiger partial charge in [-0.2, -0.15) is 0 Å². The minimum absolute atomic E-state index is 0.00443. The second kappa shape index (κ2) is 7.88. The van der Waals surface area contributed by atoms with E-state index in [0.717, 1.165) is 22.4 Å². The van der Waals surface area contributed by atoms with Crippen LogP contribution in [0.15, 0.2) is 48.7 Å². The molecule has 178 valence electrons. The summed E-state index contributed by atoms with van der Waals surface area (Å²) in [6.45, 7) is 3.88. The van der Waals surface area contributed by atoms with Gasteiger partial charge >= 0.3 is 6.03 Å². The standard InChI is InChI=1S/C26H23ClN4O4/c1-13-4-3-5-17(27)22(13)30-25(33)31-23-21-16-12-14(6-8-19(16)35-26(21,23)2)34-18-10-11-28-24-15(18)7-9-20(32)29-24/h3-6,8,10-12,21,23H,7,9H2,1-2H3,(H,28,29,32)(H2,30,31,33)/t21-,23-,26?/m0/s1. The van der Waals surface area contributed by atoms with Crippen molar-refractivity contribution in [2.45, 2.75) is 44.2 Å². The number of rotatable bonds is 4. The molecule has 3 heterocycles. The lowest BCUT2D eigenvalue weighted by Crippen LogP contribution is -2.37. The number of nitrogens with zero attached hydrogens (tertiary/aromatic N) is 1. The monoisotopic (exact) mass is 490 g/mol. The Morgan fingerprint density at radius 3 is 2.94 bits per heavy atom. The van der Waals surface area contributed by atoms with Gasteiger partial charge in [0.25, 0.3) is 0 Å². The molecule has 2 aromatic carbocycles. The minimum Gasteiger partial charge on any atom is -0.484 e. The molecule has 1 unspecified atom stereocenters. The summed E-state index contributed by atoms with van der Waals surface area (Å²) in [5.41, 5.74) is 2.83. The van der Waals surface area contributed by atoms with E-state index >= 15 is 0 Å². The van der Waals surface area contributed by atoms with Crippen LogP contribution < -0.4 is 25.4 Å². The van der Waals surface area contributed by atoms with Gasteiger partial charge in [0.1, 0.15) is 28.7 Å². The number of carbonyl (C=O) groups excluding carboxylic acids is 2. The van der Waals surface area contributed by atoms with E-state index in [1.54, 1.807) is 18.3 Å². The zero-order chi connectivity index (χ0) is 24.3. The summed E-state index contributed by atoms with van der Waals surface area (Å²) in [4.78, 5) is 28.7. The third-order valence-corrected chi connectivity index (χ3v) is 7.27. The van der Waals surface area contributed by atoms with E-state index in [9.17, 15) is 9.59 Å². The van der Waals surface area contributed by atoms with E-state index in [1.165, 1.54) is 0 Å². The summed E-state index contributed by atoms with van der Waals surface area (Å²) in [5, 5.41) is 9.17. The topological polar surface area (TPSA) is 102 Å². The van der Waals surface area contributed by atoms with Crippen LogP contribution in [0.25, 0.3) is 0 Å². The quantitative estimate of drug-likeness (QED) is 0.469. The normalized spacial score (nSPS) is 23.2. The molecule has 0 spiro atoms. The van der Waals surface area contributed by atoms with Crippen molar-refractivity contribution in [3.05, 3.63) is 70.4 Å². The number of urea groups is 1. The highest BCUT2D eigenvalue weighted by Gasteiger charge is 2.70. The summed E-state index contributed by atoms with van der Waals surface area (Å²) < 4.78 is 12.4. The molecule has 1 fully saturated rings. The van der Waals surface area contributed by atoms with Gasteiger partial charge < -0.3 is 25.4 Å². The molecule has 6 rings (SSSR count). The van der Waals surface area contributed by atoms with Gasteiger partial charge in [0.05, 0.1) is 22.7 Å². The first-order chi connectivity index (χ1) is 16.8. The first kappa shape index (κ1) is 21.7. The number of para-hydroxylation sites is 1. The lowest BCUT2D eigenvalue weighted by atomic mass is 10.1. The number of hydrogen-bond acceptors (Lipinski definition) is 5. The first-order valence-electron chi connectivity index (χ1n) is 11.4. The van der Waals surface area contributed by atoms with Gasteiger partial charge in [-0.25, -0.2) is 9.78 Å². The number of ether oxygens (including phenoxy) is 2. The highest BCUT2D eigenvalue weighted by molar-refractivity contribution is 6.33. The molecule has 1 saturated carbocycles. The molecule has 3 amide bonds. The van der Waals surface area contributed by atoms with Crippen LogP contribution in [-0.2, 0) is 11.2 Å². The van der Waals surface area contributed by atoms with E-state index in [0.29, 0.717) is 40.9 Å². The van der Waals surface area contributed by atoms with E-state index in [1.807, 2.05) is 44.2 Å². The fourth-order valence-corrected chi connectivity index (χ4v) is 5.32. The van der Waals surface area contributed by atoms with Gasteiger partial charge in [-0.3, -0.25) is 4.79 Å². The van der Waals surface area contributed by atoms with Crippen LogP contribution in [0, 0.1) is 6.92 Å². The number of fused-ring (bicyclic) bond motifs is 4. The molecule has 0 radical (unpaired) electrons. The molecule has 3 atom stereocenters. The Labute approximate surface area is 207 Å². The van der Waals surface area contributed by atoms with Gasteiger partial charge in [0, 0.05) is 23.7 Å². The van der Waals surface area contributed by atoms with Crippen LogP contribution in [0.1, 0.15) is 36.0 Å². The summed E-state index contributed by atoms with van der Waals surface area (Å²) >= 11 is 6.25. The first-order valence-corrected chi connectivity index (χ1v) is 11.8. The Balaban J connectivity index is 1.19. The molecule has 1 aromatic heterocycles. The number of hydrogen-bond donors (Lipinski definition) is 3. The Morgan fingerprint density at radius 2 is 2.11 bits per heavy atom. The number of amides is 3. The molecule has 3 N–H and O–H groups in total. The second-order valence-electron chi connectivity index (χ2n) is 9.26. The molecule has 3 aliphatic rings. The highest BCUT2D eigenvalue weighted by atomic mass is 35.5. The Kier molecular flexibility index (Phi) is 4.89. The van der Waals surface area contributed by atoms with Crippen LogP contribution in [-0.4, -0.2) is 28.6 Å². The van der Waals surface area contributed by atoms with Crippen molar-refractivity contribution in [1.82, 2.24) is 10.3 Å². The van der Waals surface area contributed by atoms with Crippen LogP contribution in [0.3, 0.4) is 0 Å². The number of aryl methyl sites for hydroxylation is 1. The Bertz CT molecular complexity index is 1370. The number of pyridine rings is 1. The fourth-order valence-electron chi connectivity index (χ4n) is 5.06. The van der Waals surface area contributed by atoms with Crippen molar-refractivity contribution < 1.29 is 19.1 Å². The molecule has 0 bridgehead atoms. The van der Waals surface area contributed by atoms with Gasteiger partial charge in [-0.15, -0.1) is 0 Å². The predicted octanol–water partition coefficient (Wildman–Crippen LogP) is 5.16. The van der Waals surface area contributed by atoms with Gasteiger partial charge in [-0.1, -0.05) is 23.7 Å². The van der Waals surface area contributed by atoms with Crippen LogP contribution in [0.4, 0.5) is 16.3 Å². The largest absolute Gasteiger partial charge is 0.484 e. The van der Waals surface area contributed by atoms with Crippen LogP contribution >= 0.6 is 11.6 Å². The Hall–Kier alpha value is -3.78. The SMILES string of the molecule is Cc1cccc(Cl)c1NC(=O)N[C@H]1[C@@H]2c3cc(Oc4ccnc5c4CCC(=O)N5)ccc3OC12C. The number of aromatic nitrogens is 1. The zero-order valence-corrected chi connectivity index (χ0v) is 19.9. The predicted molar refractivity (Wildman–Crippen MR) is 132 cm³/mol. The van der Waals surface area contributed by atoms with Crippen molar-refractivity contribution in [3.63, 3.8) is 0 Å². The maximum atomic E-state index is 12.7. The molecular weight excluding hydrogens is 468 g/mol. The lowest BCUT2D eigenvalue weighted by Gasteiger charge is -2.19. The number of benzene rings is 2. The molecule has 0 saturated heterocycles. The van der Waals surface area contributed by atoms with Gasteiger partial charge in [0.15, 0.2) is 0 Å². The highest BCUT2D eigenvalue weighted by Crippen LogP contribution is 2.62. The van der Waals surface area contributed by atoms with Crippen LogP contribution in [0.2, 0.25) is 5.02 Å². The summed E-state index contributed by atoms with van der Waals surface area (Å²) in [5.74, 6) is 2.61. The third kappa shape index (κ3) is 3.65. The van der Waals surface area contributed by atoms with Crippen LogP contribution in [0.5, 0.6) is 17.2 Å². The minimum atomic E-state index is -0.520. The number of carbonyl (C=O) groups is 2. The maximum absolute atomic E-state index is 12.7. The van der Waals surface area contributed by atoms with Crippen molar-refractivity contribution in [3.8, 4) is 17.2 Å². The van der Waals surface area contributed by atoms with E-state index < -0.39 is 5.60 Å². The maximum Gasteiger partial charge on any atom is 0.319 e. The molecule has 35 heavy (non-hydrogen) atoms. The van der Waals surface area contributed by atoms with Gasteiger partial charge in [-0.05, 0) is 56.2 Å². The molecule has 8 nitrogen and oxygen atoms in total. The summed E-state index contributed by atoms with van der Waals surface area (Å²) in [6.07, 6.45) is 2.59. The van der Waals surface area contributed by atoms with E-state index in [-0.39, 0.29) is 23.9 Å².